The molecule has 0 fully saturated rings. The standard InChI is InChI=1S/C16H18N4O4/c1-19-14(11(8-17)15(21)20(2)16(19)22)18-9-10-5-6-12(23-3)13(7-10)24-4/h5-7,18H,9H2,1-4H3. The molecule has 2 rings (SSSR count). The summed E-state index contributed by atoms with van der Waals surface area (Å²) in [5, 5.41) is 12.2. The van der Waals surface area contributed by atoms with E-state index in [1.54, 1.807) is 19.2 Å². The van der Waals surface area contributed by atoms with Crippen LogP contribution < -0.4 is 26.0 Å². The highest BCUT2D eigenvalue weighted by Gasteiger charge is 2.15. The van der Waals surface area contributed by atoms with Gasteiger partial charge in [-0.05, 0) is 17.7 Å². The smallest absolute Gasteiger partial charge is 0.332 e. The van der Waals surface area contributed by atoms with Gasteiger partial charge in [0.15, 0.2) is 17.1 Å². The van der Waals surface area contributed by atoms with Crippen LogP contribution >= 0.6 is 0 Å². The van der Waals surface area contributed by atoms with Crippen LogP contribution in [0, 0.1) is 11.3 Å². The van der Waals surface area contributed by atoms with Gasteiger partial charge >= 0.3 is 5.69 Å². The lowest BCUT2D eigenvalue weighted by Crippen LogP contribution is -2.39. The maximum Gasteiger partial charge on any atom is 0.332 e. The van der Waals surface area contributed by atoms with E-state index in [1.165, 1.54) is 25.8 Å². The molecule has 1 aromatic heterocycles. The average Bonchev–Trinajstić information content (AvgIpc) is 2.61. The molecule has 0 spiro atoms. The molecule has 1 aromatic carbocycles. The zero-order valence-electron chi connectivity index (χ0n) is 13.9. The molecule has 2 aromatic rings. The second kappa shape index (κ2) is 6.91. The van der Waals surface area contributed by atoms with Gasteiger partial charge in [-0.2, -0.15) is 5.26 Å². The van der Waals surface area contributed by atoms with Crippen molar-refractivity contribution >= 4 is 5.82 Å². The van der Waals surface area contributed by atoms with Crippen molar-refractivity contribution in [3.63, 3.8) is 0 Å². The summed E-state index contributed by atoms with van der Waals surface area (Å²) in [7, 11) is 5.92. The van der Waals surface area contributed by atoms with Gasteiger partial charge in [0.05, 0.1) is 14.2 Å². The lowest BCUT2D eigenvalue weighted by molar-refractivity contribution is 0.354. The molecular formula is C16H18N4O4. The van der Waals surface area contributed by atoms with Crippen LogP contribution in [0.3, 0.4) is 0 Å². The summed E-state index contributed by atoms with van der Waals surface area (Å²) in [6, 6.07) is 7.20. The molecule has 1 heterocycles. The highest BCUT2D eigenvalue weighted by atomic mass is 16.5. The molecule has 0 aliphatic heterocycles. The monoisotopic (exact) mass is 330 g/mol. The van der Waals surface area contributed by atoms with Crippen LogP contribution in [0.15, 0.2) is 27.8 Å². The third-order valence-electron chi connectivity index (χ3n) is 3.68. The minimum Gasteiger partial charge on any atom is -0.493 e. The fourth-order valence-electron chi connectivity index (χ4n) is 2.33. The molecule has 8 heteroatoms. The normalized spacial score (nSPS) is 10.1. The van der Waals surface area contributed by atoms with E-state index < -0.39 is 11.2 Å². The van der Waals surface area contributed by atoms with Gasteiger partial charge < -0.3 is 14.8 Å². The van der Waals surface area contributed by atoms with Gasteiger partial charge in [0, 0.05) is 20.6 Å². The first kappa shape index (κ1) is 17.1. The Balaban J connectivity index is 2.39. The van der Waals surface area contributed by atoms with Crippen LogP contribution in [0.2, 0.25) is 0 Å². The number of methoxy groups -OCH3 is 2. The number of nitriles is 1. The van der Waals surface area contributed by atoms with Crippen molar-refractivity contribution in [2.24, 2.45) is 14.1 Å². The maximum absolute atomic E-state index is 12.0. The second-order valence-electron chi connectivity index (χ2n) is 5.08. The number of nitrogens with one attached hydrogen (secondary N) is 1. The van der Waals surface area contributed by atoms with E-state index in [0.717, 1.165) is 10.1 Å². The van der Waals surface area contributed by atoms with E-state index in [0.29, 0.717) is 18.0 Å². The quantitative estimate of drug-likeness (QED) is 0.861. The Morgan fingerprint density at radius 1 is 1.12 bits per heavy atom. The lowest BCUT2D eigenvalue weighted by Gasteiger charge is -2.14. The van der Waals surface area contributed by atoms with Crippen molar-refractivity contribution < 1.29 is 9.47 Å². The Hall–Kier alpha value is -3.21. The van der Waals surface area contributed by atoms with Gasteiger partial charge in [0.25, 0.3) is 5.56 Å². The summed E-state index contributed by atoms with van der Waals surface area (Å²) >= 11 is 0. The SMILES string of the molecule is COc1ccc(CNc2c(C#N)c(=O)n(C)c(=O)n2C)cc1OC. The molecule has 0 radical (unpaired) electrons. The van der Waals surface area contributed by atoms with Gasteiger partial charge in [0.2, 0.25) is 0 Å². The summed E-state index contributed by atoms with van der Waals surface area (Å²) in [6.45, 7) is 0.301. The third kappa shape index (κ3) is 2.96. The largest absolute Gasteiger partial charge is 0.493 e. The first-order valence-corrected chi connectivity index (χ1v) is 7.09. The van der Waals surface area contributed by atoms with Gasteiger partial charge in [-0.15, -0.1) is 0 Å². The highest BCUT2D eigenvalue weighted by molar-refractivity contribution is 5.52. The zero-order chi connectivity index (χ0) is 17.9. The molecule has 24 heavy (non-hydrogen) atoms. The maximum atomic E-state index is 12.0. The first-order chi connectivity index (χ1) is 11.4. The minimum absolute atomic E-state index is 0.111. The Labute approximate surface area is 138 Å². The number of benzene rings is 1. The highest BCUT2D eigenvalue weighted by Crippen LogP contribution is 2.27. The molecule has 0 saturated heterocycles. The number of hydrogen-bond acceptors (Lipinski definition) is 6. The fourth-order valence-corrected chi connectivity index (χ4v) is 2.33. The van der Waals surface area contributed by atoms with Crippen molar-refractivity contribution in [3.05, 3.63) is 50.2 Å². The number of rotatable bonds is 5. The third-order valence-corrected chi connectivity index (χ3v) is 3.68. The summed E-state index contributed by atoms with van der Waals surface area (Å²) in [6.07, 6.45) is 0. The molecule has 8 nitrogen and oxygen atoms in total. The van der Waals surface area contributed by atoms with E-state index in [1.807, 2.05) is 12.1 Å². The molecule has 0 atom stereocenters. The molecule has 0 bridgehead atoms. The van der Waals surface area contributed by atoms with E-state index >= 15 is 0 Å². The predicted octanol–water partition coefficient (Wildman–Crippen LogP) is 0.585. The minimum atomic E-state index is -0.629. The molecule has 126 valence electrons. The summed E-state index contributed by atoms with van der Waals surface area (Å²) < 4.78 is 12.6. The van der Waals surface area contributed by atoms with Crippen LogP contribution in [0.25, 0.3) is 0 Å². The predicted molar refractivity (Wildman–Crippen MR) is 88.5 cm³/mol. The molecular weight excluding hydrogens is 312 g/mol. The Morgan fingerprint density at radius 3 is 2.38 bits per heavy atom. The van der Waals surface area contributed by atoms with Gasteiger partial charge in [-0.25, -0.2) is 4.79 Å². The number of nitrogens with zero attached hydrogens (tertiary/aromatic N) is 3. The van der Waals surface area contributed by atoms with Crippen LogP contribution in [0.4, 0.5) is 5.82 Å². The average molecular weight is 330 g/mol. The van der Waals surface area contributed by atoms with Crippen molar-refractivity contribution in [2.75, 3.05) is 19.5 Å². The van der Waals surface area contributed by atoms with E-state index in [-0.39, 0.29) is 11.4 Å². The van der Waals surface area contributed by atoms with E-state index in [2.05, 4.69) is 5.32 Å². The van der Waals surface area contributed by atoms with Crippen molar-refractivity contribution in [1.29, 1.82) is 5.26 Å². The van der Waals surface area contributed by atoms with E-state index in [4.69, 9.17) is 9.47 Å². The first-order valence-electron chi connectivity index (χ1n) is 7.09. The summed E-state index contributed by atoms with van der Waals surface area (Å²) in [5.41, 5.74) is -0.408. The van der Waals surface area contributed by atoms with Crippen molar-refractivity contribution in [2.45, 2.75) is 6.54 Å². The molecule has 0 amide bonds. The zero-order valence-corrected chi connectivity index (χ0v) is 13.9. The summed E-state index contributed by atoms with van der Waals surface area (Å²) in [4.78, 5) is 24.1. The van der Waals surface area contributed by atoms with Crippen molar-refractivity contribution in [1.82, 2.24) is 9.13 Å². The number of ether oxygens (including phenoxy) is 2. The van der Waals surface area contributed by atoms with Crippen LogP contribution in [0.1, 0.15) is 11.1 Å². The molecule has 0 saturated carbocycles. The Kier molecular flexibility index (Phi) is 4.94. The van der Waals surface area contributed by atoms with Crippen molar-refractivity contribution in [3.8, 4) is 17.6 Å². The molecule has 1 N–H and O–H groups in total. The summed E-state index contributed by atoms with van der Waals surface area (Å²) in [5.74, 6) is 1.34. The van der Waals surface area contributed by atoms with Crippen LogP contribution in [-0.4, -0.2) is 23.4 Å². The van der Waals surface area contributed by atoms with Gasteiger partial charge in [-0.3, -0.25) is 13.9 Å². The van der Waals surface area contributed by atoms with Gasteiger partial charge in [0.1, 0.15) is 11.9 Å². The van der Waals surface area contributed by atoms with Crippen LogP contribution in [0.5, 0.6) is 11.5 Å². The lowest BCUT2D eigenvalue weighted by atomic mass is 10.2. The Morgan fingerprint density at radius 2 is 1.79 bits per heavy atom. The number of hydrogen-bond donors (Lipinski definition) is 1. The van der Waals surface area contributed by atoms with Crippen LogP contribution in [-0.2, 0) is 20.6 Å². The number of anilines is 1. The topological polar surface area (TPSA) is 98.3 Å². The molecule has 0 unspecified atom stereocenters. The number of aromatic nitrogens is 2. The van der Waals surface area contributed by atoms with E-state index in [9.17, 15) is 14.9 Å². The molecule has 0 aliphatic rings. The second-order valence-corrected chi connectivity index (χ2v) is 5.08. The fraction of sp³-hybridized carbons (Fsp3) is 0.312. The Bertz CT molecular complexity index is 921. The molecule has 0 aliphatic carbocycles. The van der Waals surface area contributed by atoms with Gasteiger partial charge in [-0.1, -0.05) is 6.07 Å².